The quantitative estimate of drug-likeness (QED) is 0.374. The Morgan fingerprint density at radius 1 is 1.07 bits per heavy atom. The minimum atomic E-state index is -4.70. The van der Waals surface area contributed by atoms with Crippen molar-refractivity contribution in [1.82, 2.24) is 20.0 Å². The molecular formula is C31H35F3N4O3. The minimum Gasteiger partial charge on any atom is -0.341 e. The highest BCUT2D eigenvalue weighted by molar-refractivity contribution is 6.03. The number of amides is 4. The number of benzene rings is 2. The van der Waals surface area contributed by atoms with Crippen molar-refractivity contribution in [1.29, 1.82) is 0 Å². The number of nitrogens with zero attached hydrogens (tertiary/aromatic N) is 3. The van der Waals surface area contributed by atoms with Crippen LogP contribution in [0.3, 0.4) is 0 Å². The molecule has 2 aromatic carbocycles. The average Bonchev–Trinajstić information content (AvgIpc) is 3.29. The second kappa shape index (κ2) is 12.6. The molecule has 2 aliphatic rings. The number of alkyl halides is 3. The lowest BCUT2D eigenvalue weighted by molar-refractivity contribution is -0.143. The molecule has 0 aromatic heterocycles. The predicted octanol–water partition coefficient (Wildman–Crippen LogP) is 5.31. The van der Waals surface area contributed by atoms with E-state index in [1.54, 1.807) is 4.90 Å². The maximum Gasteiger partial charge on any atom is 0.416 e. The van der Waals surface area contributed by atoms with Gasteiger partial charge in [-0.2, -0.15) is 13.2 Å². The fraction of sp³-hybridized carbons (Fsp3) is 0.387. The summed E-state index contributed by atoms with van der Waals surface area (Å²) >= 11 is 0. The van der Waals surface area contributed by atoms with E-state index in [4.69, 9.17) is 0 Å². The third kappa shape index (κ3) is 6.16. The van der Waals surface area contributed by atoms with E-state index in [0.717, 1.165) is 24.5 Å². The van der Waals surface area contributed by atoms with Gasteiger partial charge in [-0.05, 0) is 30.0 Å². The van der Waals surface area contributed by atoms with Crippen LogP contribution in [0.5, 0.6) is 0 Å². The first-order valence-corrected chi connectivity index (χ1v) is 13.8. The van der Waals surface area contributed by atoms with E-state index in [1.807, 2.05) is 44.2 Å². The molecule has 7 nitrogen and oxygen atoms in total. The zero-order valence-electron chi connectivity index (χ0n) is 23.3. The maximum atomic E-state index is 14.2. The maximum absolute atomic E-state index is 14.2. The lowest BCUT2D eigenvalue weighted by Crippen LogP contribution is -2.51. The highest BCUT2D eigenvalue weighted by atomic mass is 19.4. The molecule has 0 saturated carbocycles. The number of rotatable bonds is 11. The van der Waals surface area contributed by atoms with Gasteiger partial charge < -0.3 is 15.1 Å². The molecule has 2 aliphatic heterocycles. The fourth-order valence-corrected chi connectivity index (χ4v) is 5.58. The summed E-state index contributed by atoms with van der Waals surface area (Å²) in [7, 11) is 0. The van der Waals surface area contributed by atoms with Gasteiger partial charge in [-0.3, -0.25) is 14.5 Å². The standard InChI is InChI=1S/C31H35F3N4O3/c1-4-16-36(17-5-2)28(39)24(19-21-12-8-7-9-13-21)38-20-25-26(29(38)40)27(35-30(41)37(25)18-6-3)22-14-10-11-15-23(22)31(32,33)34/h6-15,24,27H,3-5,16-20H2,1-2H3,(H,35,41)/t24-,27+/m1/s1. The fourth-order valence-electron chi connectivity index (χ4n) is 5.58. The van der Waals surface area contributed by atoms with Crippen LogP contribution in [0.15, 0.2) is 78.5 Å². The monoisotopic (exact) mass is 568 g/mol. The second-order valence-corrected chi connectivity index (χ2v) is 10.2. The SMILES string of the molecule is C=CCN1C(=O)N[C@@H](c2ccccc2C(F)(F)F)C2=C1CN([C@H](Cc1ccccc1)C(=O)N(CCC)CCC)C2=O. The summed E-state index contributed by atoms with van der Waals surface area (Å²) in [6.45, 7) is 8.62. The summed E-state index contributed by atoms with van der Waals surface area (Å²) < 4.78 is 42.1. The van der Waals surface area contributed by atoms with Crippen LogP contribution in [0, 0.1) is 0 Å². The largest absolute Gasteiger partial charge is 0.416 e. The van der Waals surface area contributed by atoms with Crippen LogP contribution in [-0.4, -0.2) is 64.8 Å². The Balaban J connectivity index is 1.81. The van der Waals surface area contributed by atoms with Crippen molar-refractivity contribution in [2.45, 2.75) is 51.4 Å². The Kier molecular flexibility index (Phi) is 9.20. The van der Waals surface area contributed by atoms with E-state index in [2.05, 4.69) is 11.9 Å². The van der Waals surface area contributed by atoms with Crippen molar-refractivity contribution < 1.29 is 27.6 Å². The first-order valence-electron chi connectivity index (χ1n) is 13.8. The van der Waals surface area contributed by atoms with Gasteiger partial charge in [-0.25, -0.2) is 4.79 Å². The number of carbonyl (C=O) groups excluding carboxylic acids is 3. The van der Waals surface area contributed by atoms with Crippen molar-refractivity contribution in [2.24, 2.45) is 0 Å². The van der Waals surface area contributed by atoms with E-state index in [-0.39, 0.29) is 42.3 Å². The highest BCUT2D eigenvalue weighted by Crippen LogP contribution is 2.42. The third-order valence-corrected chi connectivity index (χ3v) is 7.37. The minimum absolute atomic E-state index is 0.0338. The topological polar surface area (TPSA) is 73.0 Å². The van der Waals surface area contributed by atoms with Crippen LogP contribution >= 0.6 is 0 Å². The van der Waals surface area contributed by atoms with E-state index in [1.165, 1.54) is 34.1 Å². The number of carbonyl (C=O) groups is 3. The molecule has 0 aliphatic carbocycles. The van der Waals surface area contributed by atoms with E-state index in [9.17, 15) is 27.6 Å². The van der Waals surface area contributed by atoms with Gasteiger partial charge in [0.2, 0.25) is 5.91 Å². The molecule has 0 saturated heterocycles. The van der Waals surface area contributed by atoms with Crippen LogP contribution < -0.4 is 5.32 Å². The first-order chi connectivity index (χ1) is 19.6. The number of urea groups is 1. The van der Waals surface area contributed by atoms with Gasteiger partial charge in [0.1, 0.15) is 6.04 Å². The second-order valence-electron chi connectivity index (χ2n) is 10.2. The molecule has 4 amide bonds. The van der Waals surface area contributed by atoms with E-state index < -0.39 is 35.8 Å². The number of hydrogen-bond acceptors (Lipinski definition) is 3. The van der Waals surface area contributed by atoms with Crippen molar-refractivity contribution in [2.75, 3.05) is 26.2 Å². The van der Waals surface area contributed by atoms with Crippen molar-refractivity contribution in [3.05, 3.63) is 95.2 Å². The van der Waals surface area contributed by atoms with Crippen LogP contribution in [0.4, 0.5) is 18.0 Å². The van der Waals surface area contributed by atoms with Gasteiger partial charge >= 0.3 is 12.2 Å². The molecule has 4 rings (SSSR count). The number of hydrogen-bond donors (Lipinski definition) is 1. The zero-order chi connectivity index (χ0) is 29.7. The van der Waals surface area contributed by atoms with Gasteiger partial charge in [0.05, 0.1) is 29.4 Å². The molecule has 10 heteroatoms. The zero-order valence-corrected chi connectivity index (χ0v) is 23.3. The molecule has 1 N–H and O–H groups in total. The molecule has 0 spiro atoms. The summed E-state index contributed by atoms with van der Waals surface area (Å²) in [5.41, 5.74) is -0.00321. The van der Waals surface area contributed by atoms with Crippen molar-refractivity contribution in [3.8, 4) is 0 Å². The normalized spacial score (nSPS) is 17.8. The van der Waals surface area contributed by atoms with Crippen LogP contribution in [0.1, 0.15) is 49.4 Å². The molecule has 2 atom stereocenters. The third-order valence-electron chi connectivity index (χ3n) is 7.37. The van der Waals surface area contributed by atoms with Gasteiger partial charge in [-0.15, -0.1) is 6.58 Å². The molecule has 0 unspecified atom stereocenters. The summed E-state index contributed by atoms with van der Waals surface area (Å²) in [6.07, 6.45) is -1.53. The van der Waals surface area contributed by atoms with Gasteiger partial charge in [0.15, 0.2) is 0 Å². The highest BCUT2D eigenvalue weighted by Gasteiger charge is 2.49. The summed E-state index contributed by atoms with van der Waals surface area (Å²) in [4.78, 5) is 45.9. The first kappa shape index (κ1) is 29.9. The number of nitrogens with one attached hydrogen (secondary N) is 1. The van der Waals surface area contributed by atoms with Crippen molar-refractivity contribution >= 4 is 17.8 Å². The Hall–Kier alpha value is -4.08. The summed E-state index contributed by atoms with van der Waals surface area (Å²) in [5, 5.41) is 2.62. The van der Waals surface area contributed by atoms with Gasteiger partial charge in [0, 0.05) is 26.1 Å². The van der Waals surface area contributed by atoms with Crippen LogP contribution in [-0.2, 0) is 22.2 Å². The summed E-state index contributed by atoms with van der Waals surface area (Å²) in [6, 6.07) is 11.3. The summed E-state index contributed by atoms with van der Waals surface area (Å²) in [5.74, 6) is -0.800. The molecule has 218 valence electrons. The van der Waals surface area contributed by atoms with Crippen molar-refractivity contribution in [3.63, 3.8) is 0 Å². The molecule has 41 heavy (non-hydrogen) atoms. The Morgan fingerprint density at radius 2 is 1.71 bits per heavy atom. The van der Waals surface area contributed by atoms with Gasteiger partial charge in [0.25, 0.3) is 5.91 Å². The molecule has 2 aromatic rings. The Labute approximate surface area is 238 Å². The average molecular weight is 569 g/mol. The van der Waals surface area contributed by atoms with E-state index in [0.29, 0.717) is 13.1 Å². The molecule has 0 radical (unpaired) electrons. The predicted molar refractivity (Wildman–Crippen MR) is 149 cm³/mol. The Morgan fingerprint density at radius 3 is 2.32 bits per heavy atom. The molecule has 2 heterocycles. The molecule has 0 bridgehead atoms. The lowest BCUT2D eigenvalue weighted by Gasteiger charge is -2.34. The molecular weight excluding hydrogens is 533 g/mol. The lowest BCUT2D eigenvalue weighted by atomic mass is 9.91. The smallest absolute Gasteiger partial charge is 0.341 e. The molecule has 0 fully saturated rings. The Bertz CT molecular complexity index is 1320. The van der Waals surface area contributed by atoms with E-state index >= 15 is 0 Å². The number of halogens is 3. The van der Waals surface area contributed by atoms with Crippen LogP contribution in [0.25, 0.3) is 0 Å². The van der Waals surface area contributed by atoms with Crippen LogP contribution in [0.2, 0.25) is 0 Å². The van der Waals surface area contributed by atoms with Gasteiger partial charge in [-0.1, -0.05) is 68.5 Å².